The summed E-state index contributed by atoms with van der Waals surface area (Å²) in [5.41, 5.74) is 0.958. The van der Waals surface area contributed by atoms with Crippen molar-refractivity contribution in [1.82, 2.24) is 5.32 Å². The van der Waals surface area contributed by atoms with Crippen LogP contribution >= 0.6 is 15.9 Å². The van der Waals surface area contributed by atoms with Crippen molar-refractivity contribution in [2.24, 2.45) is 5.92 Å². The van der Waals surface area contributed by atoms with Crippen molar-refractivity contribution in [3.63, 3.8) is 0 Å². The first kappa shape index (κ1) is 12.4. The highest BCUT2D eigenvalue weighted by atomic mass is 79.9. The van der Waals surface area contributed by atoms with Crippen molar-refractivity contribution >= 4 is 15.9 Å². The van der Waals surface area contributed by atoms with E-state index in [0.29, 0.717) is 5.92 Å². The second-order valence-corrected chi connectivity index (χ2v) is 6.06. The summed E-state index contributed by atoms with van der Waals surface area (Å²) >= 11 is 3.42. The highest BCUT2D eigenvalue weighted by Crippen LogP contribution is 2.39. The Morgan fingerprint density at radius 2 is 2.17 bits per heavy atom. The van der Waals surface area contributed by atoms with Crippen LogP contribution in [0.3, 0.4) is 0 Å². The summed E-state index contributed by atoms with van der Waals surface area (Å²) in [6, 6.07) is 3.32. The van der Waals surface area contributed by atoms with Gasteiger partial charge in [-0.05, 0) is 66.2 Å². The van der Waals surface area contributed by atoms with Crippen molar-refractivity contribution in [2.45, 2.75) is 31.7 Å². The minimum atomic E-state index is -0.204. The van der Waals surface area contributed by atoms with E-state index in [4.69, 9.17) is 4.74 Å². The molecule has 1 unspecified atom stereocenters. The van der Waals surface area contributed by atoms with E-state index in [9.17, 15) is 4.39 Å². The van der Waals surface area contributed by atoms with Crippen molar-refractivity contribution in [1.29, 1.82) is 0 Å². The molecular formula is C14H17BrFNO. The van der Waals surface area contributed by atoms with E-state index in [1.807, 2.05) is 0 Å². The lowest BCUT2D eigenvalue weighted by molar-refractivity contribution is 0.291. The lowest BCUT2D eigenvalue weighted by Crippen LogP contribution is -2.15. The van der Waals surface area contributed by atoms with Gasteiger partial charge in [0.1, 0.15) is 11.6 Å². The van der Waals surface area contributed by atoms with E-state index in [1.54, 1.807) is 6.07 Å². The number of ether oxygens (including phenoxy) is 1. The molecule has 98 valence electrons. The molecule has 1 N–H and O–H groups in total. The monoisotopic (exact) mass is 313 g/mol. The number of hydrogen-bond donors (Lipinski definition) is 1. The van der Waals surface area contributed by atoms with Gasteiger partial charge >= 0.3 is 0 Å². The van der Waals surface area contributed by atoms with Crippen LogP contribution in [0.5, 0.6) is 5.75 Å². The summed E-state index contributed by atoms with van der Waals surface area (Å²) < 4.78 is 20.2. The zero-order valence-corrected chi connectivity index (χ0v) is 11.8. The van der Waals surface area contributed by atoms with Crippen LogP contribution in [0.15, 0.2) is 16.6 Å². The molecule has 0 radical (unpaired) electrons. The molecule has 0 amide bonds. The van der Waals surface area contributed by atoms with Crippen LogP contribution in [0.2, 0.25) is 0 Å². The first-order valence-electron chi connectivity index (χ1n) is 6.59. The van der Waals surface area contributed by atoms with E-state index < -0.39 is 0 Å². The van der Waals surface area contributed by atoms with Gasteiger partial charge in [-0.2, -0.15) is 0 Å². The first-order valence-corrected chi connectivity index (χ1v) is 7.38. The van der Waals surface area contributed by atoms with Crippen LogP contribution in [0.1, 0.15) is 37.3 Å². The van der Waals surface area contributed by atoms with E-state index >= 15 is 0 Å². The third-order valence-corrected chi connectivity index (χ3v) is 4.22. The Labute approximate surface area is 115 Å². The average molecular weight is 314 g/mol. The van der Waals surface area contributed by atoms with Crippen LogP contribution in [0, 0.1) is 11.7 Å². The summed E-state index contributed by atoms with van der Waals surface area (Å²) in [5.74, 6) is 1.32. The Bertz CT molecular complexity index is 442. The topological polar surface area (TPSA) is 21.3 Å². The van der Waals surface area contributed by atoms with E-state index in [0.717, 1.165) is 41.8 Å². The highest BCUT2D eigenvalue weighted by Gasteiger charge is 2.26. The maximum atomic E-state index is 13.6. The largest absolute Gasteiger partial charge is 0.492 e. The second kappa shape index (κ2) is 5.17. The molecule has 1 aliphatic heterocycles. The van der Waals surface area contributed by atoms with Crippen molar-refractivity contribution in [3.8, 4) is 5.75 Å². The molecule has 1 aromatic rings. The van der Waals surface area contributed by atoms with Crippen molar-refractivity contribution in [3.05, 3.63) is 28.0 Å². The fourth-order valence-electron chi connectivity index (χ4n) is 2.43. The molecule has 2 nitrogen and oxygen atoms in total. The van der Waals surface area contributed by atoms with Crippen LogP contribution < -0.4 is 10.1 Å². The number of rotatable bonds is 4. The van der Waals surface area contributed by atoms with Gasteiger partial charge in [0, 0.05) is 11.6 Å². The lowest BCUT2D eigenvalue weighted by Gasteiger charge is -2.18. The molecule has 1 aliphatic carbocycles. The van der Waals surface area contributed by atoms with Gasteiger partial charge in [0.2, 0.25) is 0 Å². The second-order valence-electron chi connectivity index (χ2n) is 5.21. The molecule has 4 heteroatoms. The molecule has 3 rings (SSSR count). The van der Waals surface area contributed by atoms with Crippen molar-refractivity contribution < 1.29 is 9.13 Å². The summed E-state index contributed by atoms with van der Waals surface area (Å²) in [4.78, 5) is 0. The predicted octanol–water partition coefficient (Wildman–Crippen LogP) is 3.80. The standard InChI is InChI=1S/C14H17BrFNO/c15-12-7-10(16)6-11(13-2-1-5-17-13)14(12)18-8-9-3-4-9/h6-7,9,13,17H,1-5,8H2. The average Bonchev–Trinajstić information content (AvgIpc) is 3.00. The summed E-state index contributed by atoms with van der Waals surface area (Å²) in [7, 11) is 0. The molecule has 18 heavy (non-hydrogen) atoms. The summed E-state index contributed by atoms with van der Waals surface area (Å²) in [6.07, 6.45) is 4.71. The molecule has 1 aromatic carbocycles. The fourth-order valence-corrected chi connectivity index (χ4v) is 2.99. The maximum absolute atomic E-state index is 13.6. The molecule has 0 aromatic heterocycles. The van der Waals surface area contributed by atoms with E-state index in [2.05, 4.69) is 21.2 Å². The van der Waals surface area contributed by atoms with E-state index in [-0.39, 0.29) is 11.9 Å². The van der Waals surface area contributed by atoms with Crippen LogP contribution in [0.25, 0.3) is 0 Å². The minimum absolute atomic E-state index is 0.204. The molecular weight excluding hydrogens is 297 g/mol. The van der Waals surface area contributed by atoms with Gasteiger partial charge in [-0.3, -0.25) is 0 Å². The Morgan fingerprint density at radius 3 is 2.83 bits per heavy atom. The van der Waals surface area contributed by atoms with Crippen LogP contribution in [0.4, 0.5) is 4.39 Å². The highest BCUT2D eigenvalue weighted by molar-refractivity contribution is 9.10. The lowest BCUT2D eigenvalue weighted by atomic mass is 10.0. The summed E-state index contributed by atoms with van der Waals surface area (Å²) in [5, 5.41) is 3.40. The normalized spacial score (nSPS) is 23.3. The zero-order chi connectivity index (χ0) is 12.5. The first-order chi connectivity index (χ1) is 8.74. The summed E-state index contributed by atoms with van der Waals surface area (Å²) in [6.45, 7) is 1.75. The third kappa shape index (κ3) is 2.69. The number of halogens is 2. The van der Waals surface area contributed by atoms with Gasteiger partial charge in [-0.25, -0.2) is 4.39 Å². The predicted molar refractivity (Wildman–Crippen MR) is 72.3 cm³/mol. The molecule has 1 saturated carbocycles. The zero-order valence-electron chi connectivity index (χ0n) is 10.2. The molecule has 1 saturated heterocycles. The van der Waals surface area contributed by atoms with Gasteiger partial charge < -0.3 is 10.1 Å². The number of hydrogen-bond acceptors (Lipinski definition) is 2. The fraction of sp³-hybridized carbons (Fsp3) is 0.571. The van der Waals surface area contributed by atoms with E-state index in [1.165, 1.54) is 18.9 Å². The molecule has 0 spiro atoms. The molecule has 2 aliphatic rings. The van der Waals surface area contributed by atoms with Crippen LogP contribution in [-0.2, 0) is 0 Å². The van der Waals surface area contributed by atoms with Gasteiger partial charge in [0.15, 0.2) is 0 Å². The van der Waals surface area contributed by atoms with Crippen LogP contribution in [-0.4, -0.2) is 13.2 Å². The number of benzene rings is 1. The Morgan fingerprint density at radius 1 is 1.33 bits per heavy atom. The van der Waals surface area contributed by atoms with Gasteiger partial charge in [0.05, 0.1) is 11.1 Å². The molecule has 2 fully saturated rings. The smallest absolute Gasteiger partial charge is 0.138 e. The van der Waals surface area contributed by atoms with Gasteiger partial charge in [0.25, 0.3) is 0 Å². The van der Waals surface area contributed by atoms with Crippen molar-refractivity contribution in [2.75, 3.05) is 13.2 Å². The van der Waals surface area contributed by atoms with Gasteiger partial charge in [-0.1, -0.05) is 0 Å². The third-order valence-electron chi connectivity index (χ3n) is 3.63. The molecule has 1 heterocycles. The Kier molecular flexibility index (Phi) is 3.57. The minimum Gasteiger partial charge on any atom is -0.492 e. The quantitative estimate of drug-likeness (QED) is 0.913. The maximum Gasteiger partial charge on any atom is 0.138 e. The SMILES string of the molecule is Fc1cc(Br)c(OCC2CC2)c(C2CCCN2)c1. The molecule has 1 atom stereocenters. The Balaban J connectivity index is 1.86. The Hall–Kier alpha value is -0.610. The van der Waals surface area contributed by atoms with Gasteiger partial charge in [-0.15, -0.1) is 0 Å². The molecule has 0 bridgehead atoms. The number of nitrogens with one attached hydrogen (secondary N) is 1.